The van der Waals surface area contributed by atoms with Crippen molar-refractivity contribution in [1.29, 1.82) is 0 Å². The minimum absolute atomic E-state index is 0.290. The van der Waals surface area contributed by atoms with Gasteiger partial charge in [0.25, 0.3) is 0 Å². The quantitative estimate of drug-likeness (QED) is 0.748. The van der Waals surface area contributed by atoms with Crippen molar-refractivity contribution in [3.63, 3.8) is 0 Å². The third-order valence-electron chi connectivity index (χ3n) is 2.56. The van der Waals surface area contributed by atoms with Crippen LogP contribution in [0, 0.1) is 0 Å². The van der Waals surface area contributed by atoms with Gasteiger partial charge in [-0.05, 0) is 11.4 Å². The molecule has 0 atom stereocenters. The number of nitrogens with zero attached hydrogens (tertiary/aromatic N) is 4. The van der Waals surface area contributed by atoms with Crippen LogP contribution in [0.5, 0.6) is 0 Å². The van der Waals surface area contributed by atoms with E-state index in [2.05, 4.69) is 20.4 Å². The Morgan fingerprint density at radius 2 is 2.33 bits per heavy atom. The van der Waals surface area contributed by atoms with Crippen molar-refractivity contribution >= 4 is 33.3 Å². The van der Waals surface area contributed by atoms with Gasteiger partial charge in [-0.1, -0.05) is 0 Å². The van der Waals surface area contributed by atoms with E-state index in [1.165, 1.54) is 0 Å². The third kappa shape index (κ3) is 2.00. The molecule has 3 aromatic rings. The molecule has 0 fully saturated rings. The highest BCUT2D eigenvalue weighted by Gasteiger charge is 2.07. The van der Waals surface area contributed by atoms with Crippen LogP contribution < -0.4 is 11.1 Å². The van der Waals surface area contributed by atoms with Crippen molar-refractivity contribution < 1.29 is 0 Å². The molecule has 3 heterocycles. The van der Waals surface area contributed by atoms with Gasteiger partial charge in [0.2, 0.25) is 5.95 Å². The van der Waals surface area contributed by atoms with Crippen molar-refractivity contribution in [3.8, 4) is 0 Å². The zero-order valence-corrected chi connectivity index (χ0v) is 10.6. The molecule has 0 aliphatic rings. The predicted molar refractivity (Wildman–Crippen MR) is 72.4 cm³/mol. The molecule has 0 bridgehead atoms. The molecule has 0 spiro atoms. The van der Waals surface area contributed by atoms with Crippen LogP contribution in [-0.4, -0.2) is 19.7 Å². The second kappa shape index (κ2) is 4.26. The lowest BCUT2D eigenvalue weighted by molar-refractivity contribution is 0.767. The standard InChI is InChI=1S/C11H12N6S/c1-17-6-7(5-14-17)4-13-9-8-2-3-18-10(8)16-11(12)15-9/h2-3,5-6H,4H2,1H3,(H3,12,13,15,16). The summed E-state index contributed by atoms with van der Waals surface area (Å²) in [4.78, 5) is 9.31. The molecule has 6 nitrogen and oxygen atoms in total. The summed E-state index contributed by atoms with van der Waals surface area (Å²) in [5.74, 6) is 1.06. The summed E-state index contributed by atoms with van der Waals surface area (Å²) in [6.45, 7) is 0.662. The first-order valence-electron chi connectivity index (χ1n) is 5.44. The van der Waals surface area contributed by atoms with E-state index in [-0.39, 0.29) is 0 Å². The lowest BCUT2D eigenvalue weighted by Crippen LogP contribution is -2.04. The minimum Gasteiger partial charge on any atom is -0.368 e. The van der Waals surface area contributed by atoms with Crippen LogP contribution in [0.25, 0.3) is 10.2 Å². The van der Waals surface area contributed by atoms with Crippen molar-refractivity contribution in [2.45, 2.75) is 6.54 Å². The van der Waals surface area contributed by atoms with Gasteiger partial charge >= 0.3 is 0 Å². The molecule has 0 aliphatic heterocycles. The van der Waals surface area contributed by atoms with Crippen LogP contribution in [0.2, 0.25) is 0 Å². The number of hydrogen-bond acceptors (Lipinski definition) is 6. The third-order valence-corrected chi connectivity index (χ3v) is 3.37. The van der Waals surface area contributed by atoms with Crippen LogP contribution in [0.1, 0.15) is 5.56 Å². The van der Waals surface area contributed by atoms with Crippen molar-refractivity contribution in [1.82, 2.24) is 19.7 Å². The van der Waals surface area contributed by atoms with E-state index in [0.717, 1.165) is 21.6 Å². The van der Waals surface area contributed by atoms with Gasteiger partial charge in [0.1, 0.15) is 10.6 Å². The molecule has 0 unspecified atom stereocenters. The normalized spacial score (nSPS) is 10.9. The molecule has 7 heteroatoms. The molecular weight excluding hydrogens is 248 g/mol. The van der Waals surface area contributed by atoms with Crippen LogP contribution in [0.15, 0.2) is 23.8 Å². The lowest BCUT2D eigenvalue weighted by atomic mass is 10.3. The molecule has 0 aromatic carbocycles. The maximum atomic E-state index is 5.68. The first-order chi connectivity index (χ1) is 8.72. The van der Waals surface area contributed by atoms with Crippen LogP contribution in [0.3, 0.4) is 0 Å². The van der Waals surface area contributed by atoms with Gasteiger partial charge in [0.05, 0.1) is 11.6 Å². The number of rotatable bonds is 3. The lowest BCUT2D eigenvalue weighted by Gasteiger charge is -2.05. The van der Waals surface area contributed by atoms with Crippen molar-refractivity contribution in [2.24, 2.45) is 7.05 Å². The first kappa shape index (κ1) is 11.0. The Morgan fingerprint density at radius 3 is 3.11 bits per heavy atom. The largest absolute Gasteiger partial charge is 0.368 e. The second-order valence-electron chi connectivity index (χ2n) is 3.95. The van der Waals surface area contributed by atoms with E-state index in [1.54, 1.807) is 16.0 Å². The fourth-order valence-electron chi connectivity index (χ4n) is 1.76. The highest BCUT2D eigenvalue weighted by atomic mass is 32.1. The Labute approximate surface area is 107 Å². The molecule has 0 radical (unpaired) electrons. The second-order valence-corrected chi connectivity index (χ2v) is 4.84. The molecule has 0 amide bonds. The molecule has 3 rings (SSSR count). The number of hydrogen-bond donors (Lipinski definition) is 2. The van der Waals surface area contributed by atoms with E-state index in [0.29, 0.717) is 12.5 Å². The summed E-state index contributed by atoms with van der Waals surface area (Å²) >= 11 is 1.55. The minimum atomic E-state index is 0.290. The molecule has 3 N–H and O–H groups in total. The van der Waals surface area contributed by atoms with Gasteiger partial charge in [-0.3, -0.25) is 4.68 Å². The smallest absolute Gasteiger partial charge is 0.223 e. The van der Waals surface area contributed by atoms with Crippen LogP contribution >= 0.6 is 11.3 Å². The molecular formula is C11H12N6S. The Kier molecular flexibility index (Phi) is 2.60. The van der Waals surface area contributed by atoms with E-state index < -0.39 is 0 Å². The summed E-state index contributed by atoms with van der Waals surface area (Å²) in [6, 6.07) is 1.99. The summed E-state index contributed by atoms with van der Waals surface area (Å²) in [5.41, 5.74) is 6.78. The summed E-state index contributed by atoms with van der Waals surface area (Å²) in [6.07, 6.45) is 3.78. The predicted octanol–water partition coefficient (Wildman–Crippen LogP) is 1.62. The molecule has 92 valence electrons. The number of nitrogens with one attached hydrogen (secondary N) is 1. The number of thiophene rings is 1. The van der Waals surface area contributed by atoms with Gasteiger partial charge in [-0.2, -0.15) is 10.1 Å². The average Bonchev–Trinajstić information content (AvgIpc) is 2.94. The van der Waals surface area contributed by atoms with Gasteiger partial charge in [0.15, 0.2) is 0 Å². The molecule has 0 aliphatic carbocycles. The monoisotopic (exact) mass is 260 g/mol. The van der Waals surface area contributed by atoms with Crippen LogP contribution in [-0.2, 0) is 13.6 Å². The molecule has 0 saturated carbocycles. The number of nitrogens with two attached hydrogens (primary N) is 1. The van der Waals surface area contributed by atoms with E-state index in [9.17, 15) is 0 Å². The zero-order valence-electron chi connectivity index (χ0n) is 9.79. The average molecular weight is 260 g/mol. The van der Waals surface area contributed by atoms with Gasteiger partial charge in [-0.25, -0.2) is 4.98 Å². The number of aryl methyl sites for hydroxylation is 1. The number of aromatic nitrogens is 4. The maximum Gasteiger partial charge on any atom is 0.223 e. The van der Waals surface area contributed by atoms with Gasteiger partial charge in [0, 0.05) is 25.4 Å². The maximum absolute atomic E-state index is 5.68. The fraction of sp³-hybridized carbons (Fsp3) is 0.182. The number of nitrogen functional groups attached to an aromatic ring is 1. The zero-order chi connectivity index (χ0) is 12.5. The topological polar surface area (TPSA) is 81.7 Å². The summed E-state index contributed by atoms with van der Waals surface area (Å²) < 4.78 is 1.77. The molecule has 3 aromatic heterocycles. The van der Waals surface area contributed by atoms with Crippen molar-refractivity contribution in [2.75, 3.05) is 11.1 Å². The molecule has 0 saturated heterocycles. The molecule has 18 heavy (non-hydrogen) atoms. The summed E-state index contributed by atoms with van der Waals surface area (Å²) in [5, 5.41) is 10.4. The van der Waals surface area contributed by atoms with Crippen LogP contribution in [0.4, 0.5) is 11.8 Å². The SMILES string of the molecule is Cn1cc(CNc2nc(N)nc3sccc23)cn1. The Bertz CT molecular complexity index is 686. The Balaban J connectivity index is 1.87. The highest BCUT2D eigenvalue weighted by molar-refractivity contribution is 7.16. The van der Waals surface area contributed by atoms with Gasteiger partial charge in [-0.15, -0.1) is 11.3 Å². The fourth-order valence-corrected chi connectivity index (χ4v) is 2.53. The van der Waals surface area contributed by atoms with Gasteiger partial charge < -0.3 is 11.1 Å². The highest BCUT2D eigenvalue weighted by Crippen LogP contribution is 2.25. The number of anilines is 2. The first-order valence-corrected chi connectivity index (χ1v) is 6.32. The number of fused-ring (bicyclic) bond motifs is 1. The van der Waals surface area contributed by atoms with E-state index >= 15 is 0 Å². The van der Waals surface area contributed by atoms with E-state index in [4.69, 9.17) is 5.73 Å². The summed E-state index contributed by atoms with van der Waals surface area (Å²) in [7, 11) is 1.89. The Hall–Kier alpha value is -2.15. The Morgan fingerprint density at radius 1 is 1.44 bits per heavy atom. The van der Waals surface area contributed by atoms with Crippen molar-refractivity contribution in [3.05, 3.63) is 29.4 Å². The van der Waals surface area contributed by atoms with E-state index in [1.807, 2.05) is 30.9 Å².